The Morgan fingerprint density at radius 1 is 1.25 bits per heavy atom. The Labute approximate surface area is 99.5 Å². The average Bonchev–Trinajstić information content (AvgIpc) is 2.27. The summed E-state index contributed by atoms with van der Waals surface area (Å²) in [5.41, 5.74) is 7.32. The van der Waals surface area contributed by atoms with E-state index in [1.807, 2.05) is 18.2 Å². The van der Waals surface area contributed by atoms with Crippen LogP contribution in [0.15, 0.2) is 30.3 Å². The first-order valence-electron chi connectivity index (χ1n) is 6.09. The van der Waals surface area contributed by atoms with Gasteiger partial charge in [-0.1, -0.05) is 43.7 Å². The number of benzene rings is 1. The van der Waals surface area contributed by atoms with Crippen LogP contribution in [0.25, 0.3) is 0 Å². The third kappa shape index (κ3) is 3.95. The van der Waals surface area contributed by atoms with Gasteiger partial charge in [0.15, 0.2) is 0 Å². The fourth-order valence-electron chi connectivity index (χ4n) is 1.98. The molecule has 1 atom stereocenters. The molecule has 0 aliphatic rings. The van der Waals surface area contributed by atoms with E-state index in [1.54, 1.807) is 0 Å². The lowest BCUT2D eigenvalue weighted by Crippen LogP contribution is -2.44. The molecule has 0 saturated carbocycles. The predicted molar refractivity (Wildman–Crippen MR) is 70.4 cm³/mol. The van der Waals surface area contributed by atoms with E-state index in [-0.39, 0.29) is 5.54 Å². The SMILES string of the molecule is CCCCN(C)CC(C)(N)c1ccccc1. The highest BCUT2D eigenvalue weighted by atomic mass is 15.1. The summed E-state index contributed by atoms with van der Waals surface area (Å²) in [6.07, 6.45) is 2.47. The van der Waals surface area contributed by atoms with Gasteiger partial charge < -0.3 is 10.6 Å². The summed E-state index contributed by atoms with van der Waals surface area (Å²) < 4.78 is 0. The van der Waals surface area contributed by atoms with Crippen molar-refractivity contribution in [2.45, 2.75) is 32.2 Å². The first kappa shape index (κ1) is 13.2. The highest BCUT2D eigenvalue weighted by molar-refractivity contribution is 5.23. The second-order valence-electron chi connectivity index (χ2n) is 4.87. The van der Waals surface area contributed by atoms with Crippen molar-refractivity contribution in [1.82, 2.24) is 4.90 Å². The first-order valence-corrected chi connectivity index (χ1v) is 6.09. The van der Waals surface area contributed by atoms with Crippen molar-refractivity contribution in [3.63, 3.8) is 0 Å². The molecular formula is C14H24N2. The molecule has 0 aliphatic heterocycles. The van der Waals surface area contributed by atoms with Crippen LogP contribution in [-0.4, -0.2) is 25.0 Å². The van der Waals surface area contributed by atoms with Crippen LogP contribution in [-0.2, 0) is 5.54 Å². The van der Waals surface area contributed by atoms with E-state index in [1.165, 1.54) is 18.4 Å². The van der Waals surface area contributed by atoms with Crippen molar-refractivity contribution in [3.8, 4) is 0 Å². The minimum atomic E-state index is -0.260. The molecule has 1 aromatic carbocycles. The standard InChI is InChI=1S/C14H24N2/c1-4-5-11-16(3)12-14(2,15)13-9-7-6-8-10-13/h6-10H,4-5,11-12,15H2,1-3H3. The Hall–Kier alpha value is -0.860. The molecule has 0 heterocycles. The van der Waals surface area contributed by atoms with E-state index in [4.69, 9.17) is 5.73 Å². The summed E-state index contributed by atoms with van der Waals surface area (Å²) in [6, 6.07) is 10.3. The van der Waals surface area contributed by atoms with E-state index in [0.717, 1.165) is 13.1 Å². The normalized spacial score (nSPS) is 15.1. The summed E-state index contributed by atoms with van der Waals surface area (Å²) >= 11 is 0. The van der Waals surface area contributed by atoms with Gasteiger partial charge in [-0.25, -0.2) is 0 Å². The van der Waals surface area contributed by atoms with Crippen molar-refractivity contribution < 1.29 is 0 Å². The predicted octanol–water partition coefficient (Wildman–Crippen LogP) is 2.59. The van der Waals surface area contributed by atoms with Gasteiger partial charge in [-0.3, -0.25) is 0 Å². The fraction of sp³-hybridized carbons (Fsp3) is 0.571. The number of nitrogens with zero attached hydrogens (tertiary/aromatic N) is 1. The molecule has 0 spiro atoms. The molecule has 1 unspecified atom stereocenters. The number of nitrogens with two attached hydrogens (primary N) is 1. The van der Waals surface area contributed by atoms with Crippen molar-refractivity contribution in [2.24, 2.45) is 5.73 Å². The second-order valence-corrected chi connectivity index (χ2v) is 4.87. The van der Waals surface area contributed by atoms with Crippen molar-refractivity contribution >= 4 is 0 Å². The molecule has 0 aliphatic carbocycles. The maximum Gasteiger partial charge on any atom is 0.0509 e. The smallest absolute Gasteiger partial charge is 0.0509 e. The minimum absolute atomic E-state index is 0.260. The van der Waals surface area contributed by atoms with Gasteiger partial charge in [0.1, 0.15) is 0 Å². The molecule has 0 amide bonds. The van der Waals surface area contributed by atoms with Crippen molar-refractivity contribution in [1.29, 1.82) is 0 Å². The monoisotopic (exact) mass is 220 g/mol. The number of hydrogen-bond donors (Lipinski definition) is 1. The lowest BCUT2D eigenvalue weighted by atomic mass is 9.93. The molecule has 2 N–H and O–H groups in total. The zero-order valence-electron chi connectivity index (χ0n) is 10.7. The van der Waals surface area contributed by atoms with E-state index >= 15 is 0 Å². The minimum Gasteiger partial charge on any atom is -0.321 e. The van der Waals surface area contributed by atoms with Gasteiger partial charge >= 0.3 is 0 Å². The zero-order chi connectivity index (χ0) is 12.0. The van der Waals surface area contributed by atoms with Crippen LogP contribution in [0.3, 0.4) is 0 Å². The quantitative estimate of drug-likeness (QED) is 0.798. The topological polar surface area (TPSA) is 29.3 Å². The molecule has 2 nitrogen and oxygen atoms in total. The molecule has 1 rings (SSSR count). The number of unbranched alkanes of at least 4 members (excludes halogenated alkanes) is 1. The maximum atomic E-state index is 6.37. The summed E-state index contributed by atoms with van der Waals surface area (Å²) in [5, 5.41) is 0. The number of rotatable bonds is 6. The Morgan fingerprint density at radius 2 is 1.88 bits per heavy atom. The summed E-state index contributed by atoms with van der Waals surface area (Å²) in [7, 11) is 2.14. The average molecular weight is 220 g/mol. The molecule has 0 saturated heterocycles. The van der Waals surface area contributed by atoms with Crippen LogP contribution in [0.2, 0.25) is 0 Å². The third-order valence-corrected chi connectivity index (χ3v) is 2.93. The fourth-order valence-corrected chi connectivity index (χ4v) is 1.98. The van der Waals surface area contributed by atoms with Crippen molar-refractivity contribution in [2.75, 3.05) is 20.1 Å². The third-order valence-electron chi connectivity index (χ3n) is 2.93. The Bertz CT molecular complexity index is 293. The van der Waals surface area contributed by atoms with Gasteiger partial charge in [0.25, 0.3) is 0 Å². The highest BCUT2D eigenvalue weighted by Gasteiger charge is 2.22. The highest BCUT2D eigenvalue weighted by Crippen LogP contribution is 2.18. The molecule has 0 bridgehead atoms. The number of likely N-dealkylation sites (N-methyl/N-ethyl adjacent to an activating group) is 1. The molecule has 16 heavy (non-hydrogen) atoms. The Kier molecular flexibility index (Phi) is 4.97. The van der Waals surface area contributed by atoms with Gasteiger partial charge in [-0.2, -0.15) is 0 Å². The Morgan fingerprint density at radius 3 is 2.44 bits per heavy atom. The van der Waals surface area contributed by atoms with Crippen LogP contribution < -0.4 is 5.73 Å². The molecule has 0 aromatic heterocycles. The van der Waals surface area contributed by atoms with Crippen LogP contribution in [0, 0.1) is 0 Å². The van der Waals surface area contributed by atoms with Crippen molar-refractivity contribution in [3.05, 3.63) is 35.9 Å². The second kappa shape index (κ2) is 6.02. The molecule has 0 radical (unpaired) electrons. The van der Waals surface area contributed by atoms with Crippen LogP contribution in [0.4, 0.5) is 0 Å². The van der Waals surface area contributed by atoms with E-state index in [0.29, 0.717) is 0 Å². The molecule has 90 valence electrons. The van der Waals surface area contributed by atoms with Crippen LogP contribution >= 0.6 is 0 Å². The molecule has 1 aromatic rings. The van der Waals surface area contributed by atoms with Gasteiger partial charge in [0, 0.05) is 6.54 Å². The van der Waals surface area contributed by atoms with Gasteiger partial charge in [-0.15, -0.1) is 0 Å². The maximum absolute atomic E-state index is 6.37. The summed E-state index contributed by atoms with van der Waals surface area (Å²) in [5.74, 6) is 0. The van der Waals surface area contributed by atoms with E-state index in [9.17, 15) is 0 Å². The lowest BCUT2D eigenvalue weighted by Gasteiger charge is -2.30. The van der Waals surface area contributed by atoms with Crippen LogP contribution in [0.5, 0.6) is 0 Å². The first-order chi connectivity index (χ1) is 7.56. The lowest BCUT2D eigenvalue weighted by molar-refractivity contribution is 0.256. The Balaban J connectivity index is 2.58. The molecule has 2 heteroatoms. The van der Waals surface area contributed by atoms with Gasteiger partial charge in [-0.05, 0) is 32.5 Å². The van der Waals surface area contributed by atoms with E-state index in [2.05, 4.69) is 37.9 Å². The number of hydrogen-bond acceptors (Lipinski definition) is 2. The van der Waals surface area contributed by atoms with E-state index < -0.39 is 0 Å². The van der Waals surface area contributed by atoms with Crippen LogP contribution in [0.1, 0.15) is 32.3 Å². The van der Waals surface area contributed by atoms with Gasteiger partial charge in [0.05, 0.1) is 5.54 Å². The van der Waals surface area contributed by atoms with Gasteiger partial charge in [0.2, 0.25) is 0 Å². The largest absolute Gasteiger partial charge is 0.321 e. The molecule has 0 fully saturated rings. The summed E-state index contributed by atoms with van der Waals surface area (Å²) in [6.45, 7) is 6.34. The summed E-state index contributed by atoms with van der Waals surface area (Å²) in [4.78, 5) is 2.32. The zero-order valence-corrected chi connectivity index (χ0v) is 10.7. The molecular weight excluding hydrogens is 196 g/mol.